The van der Waals surface area contributed by atoms with Crippen LogP contribution >= 0.6 is 0 Å². The van der Waals surface area contributed by atoms with Crippen molar-refractivity contribution >= 4 is 25.3 Å². The second kappa shape index (κ2) is 2.87. The molecule has 2 radical (unpaired) electrons. The van der Waals surface area contributed by atoms with Gasteiger partial charge in [-0.25, -0.2) is 4.79 Å². The van der Waals surface area contributed by atoms with Crippen LogP contribution in [0.25, 0.3) is 0 Å². The molecule has 1 heterocycles. The predicted molar refractivity (Wildman–Crippen MR) is 56.5 cm³/mol. The standard InChI is InChI=1S/C11H8BNO3/c12-7-1-2-8-6(5-7)3-4-11(8)9(14)13-10(15)16-11/h1-2,5H,3-4H2,(H,13,14,15)/t11-/m0/s1. The maximum Gasteiger partial charge on any atom is 0.415 e. The zero-order valence-electron chi connectivity index (χ0n) is 8.45. The van der Waals surface area contributed by atoms with Gasteiger partial charge in [-0.1, -0.05) is 23.7 Å². The Morgan fingerprint density at radius 3 is 2.88 bits per heavy atom. The Kier molecular flexibility index (Phi) is 1.70. The highest BCUT2D eigenvalue weighted by Crippen LogP contribution is 2.42. The summed E-state index contributed by atoms with van der Waals surface area (Å²) >= 11 is 0. The molecule has 1 N–H and O–H groups in total. The number of benzene rings is 1. The van der Waals surface area contributed by atoms with Gasteiger partial charge in [0.1, 0.15) is 7.85 Å². The average Bonchev–Trinajstić information content (AvgIpc) is 2.70. The number of hydrogen-bond donors (Lipinski definition) is 1. The topological polar surface area (TPSA) is 55.4 Å². The number of hydrogen-bond acceptors (Lipinski definition) is 3. The van der Waals surface area contributed by atoms with Gasteiger partial charge in [0, 0.05) is 12.0 Å². The summed E-state index contributed by atoms with van der Waals surface area (Å²) in [4.78, 5) is 22.9. The van der Waals surface area contributed by atoms with Gasteiger partial charge in [-0.3, -0.25) is 10.1 Å². The monoisotopic (exact) mass is 213 g/mol. The maximum absolute atomic E-state index is 11.8. The third-order valence-electron chi connectivity index (χ3n) is 3.16. The first-order valence-electron chi connectivity index (χ1n) is 5.05. The van der Waals surface area contributed by atoms with Crippen molar-refractivity contribution in [1.82, 2.24) is 5.32 Å². The van der Waals surface area contributed by atoms with Crippen LogP contribution in [0.5, 0.6) is 0 Å². The first kappa shape index (κ1) is 9.45. The molecule has 1 aliphatic heterocycles. The smallest absolute Gasteiger partial charge is 0.415 e. The minimum Gasteiger partial charge on any atom is -0.427 e. The van der Waals surface area contributed by atoms with Crippen LogP contribution in [0.15, 0.2) is 18.2 Å². The Morgan fingerprint density at radius 2 is 2.19 bits per heavy atom. The number of amides is 2. The summed E-state index contributed by atoms with van der Waals surface area (Å²) in [5.74, 6) is -0.374. The SMILES string of the molecule is [B]c1ccc2c(c1)CC[C@]21OC(=O)NC1=O. The third kappa shape index (κ3) is 1.05. The fraction of sp³-hybridized carbons (Fsp3) is 0.273. The van der Waals surface area contributed by atoms with E-state index in [0.717, 1.165) is 11.1 Å². The molecule has 0 aromatic heterocycles. The number of fused-ring (bicyclic) bond motifs is 2. The van der Waals surface area contributed by atoms with Crippen LogP contribution in [-0.2, 0) is 21.6 Å². The summed E-state index contributed by atoms with van der Waals surface area (Å²) in [5, 5.41) is 2.17. The highest BCUT2D eigenvalue weighted by molar-refractivity contribution is 6.32. The summed E-state index contributed by atoms with van der Waals surface area (Å²) in [6.45, 7) is 0. The number of imide groups is 1. The predicted octanol–water partition coefficient (Wildman–Crippen LogP) is -0.112. The second-order valence-electron chi connectivity index (χ2n) is 4.09. The van der Waals surface area contributed by atoms with E-state index in [4.69, 9.17) is 12.6 Å². The van der Waals surface area contributed by atoms with E-state index in [0.29, 0.717) is 18.3 Å². The van der Waals surface area contributed by atoms with E-state index in [9.17, 15) is 9.59 Å². The molecule has 16 heavy (non-hydrogen) atoms. The normalized spacial score (nSPS) is 26.8. The van der Waals surface area contributed by atoms with Crippen molar-refractivity contribution < 1.29 is 14.3 Å². The zero-order valence-corrected chi connectivity index (χ0v) is 8.45. The van der Waals surface area contributed by atoms with Crippen LogP contribution in [-0.4, -0.2) is 19.8 Å². The fourth-order valence-electron chi connectivity index (χ4n) is 2.43. The molecule has 78 valence electrons. The molecule has 5 heteroatoms. The van der Waals surface area contributed by atoms with Crippen molar-refractivity contribution in [1.29, 1.82) is 0 Å². The van der Waals surface area contributed by atoms with E-state index < -0.39 is 11.7 Å². The van der Waals surface area contributed by atoms with Gasteiger partial charge in [-0.15, -0.1) is 0 Å². The van der Waals surface area contributed by atoms with Crippen molar-refractivity contribution in [3.05, 3.63) is 29.3 Å². The largest absolute Gasteiger partial charge is 0.427 e. The lowest BCUT2D eigenvalue weighted by atomic mass is 9.89. The van der Waals surface area contributed by atoms with Crippen LogP contribution in [0.2, 0.25) is 0 Å². The molecule has 1 aromatic rings. The van der Waals surface area contributed by atoms with Gasteiger partial charge in [0.05, 0.1) is 0 Å². The van der Waals surface area contributed by atoms with Crippen LogP contribution in [0, 0.1) is 0 Å². The molecule has 0 saturated carbocycles. The molecule has 1 spiro atoms. The van der Waals surface area contributed by atoms with Crippen molar-refractivity contribution in [3.8, 4) is 0 Å². The minimum atomic E-state index is -1.11. The molecular formula is C11H8BNO3. The lowest BCUT2D eigenvalue weighted by Crippen LogP contribution is -2.34. The summed E-state index contributed by atoms with van der Waals surface area (Å²) in [7, 11) is 5.67. The first-order valence-corrected chi connectivity index (χ1v) is 5.05. The number of ether oxygens (including phenoxy) is 1. The highest BCUT2D eigenvalue weighted by atomic mass is 16.6. The molecule has 2 amide bonds. The summed E-state index contributed by atoms with van der Waals surface area (Å²) in [6.07, 6.45) is 0.513. The maximum atomic E-state index is 11.8. The van der Waals surface area contributed by atoms with Crippen molar-refractivity contribution in [2.75, 3.05) is 0 Å². The Labute approximate surface area is 93.4 Å². The quantitative estimate of drug-likeness (QED) is 0.611. The molecule has 3 rings (SSSR count). The van der Waals surface area contributed by atoms with E-state index in [2.05, 4.69) is 5.32 Å². The number of aryl methyl sites for hydroxylation is 1. The van der Waals surface area contributed by atoms with Crippen molar-refractivity contribution in [2.24, 2.45) is 0 Å². The van der Waals surface area contributed by atoms with Crippen molar-refractivity contribution in [3.63, 3.8) is 0 Å². The van der Waals surface area contributed by atoms with Gasteiger partial charge in [-0.05, 0) is 12.0 Å². The third-order valence-corrected chi connectivity index (χ3v) is 3.16. The zero-order chi connectivity index (χ0) is 11.3. The number of nitrogens with one attached hydrogen (secondary N) is 1. The lowest BCUT2D eigenvalue weighted by Gasteiger charge is -2.19. The van der Waals surface area contributed by atoms with E-state index in [1.807, 2.05) is 6.07 Å². The molecular weight excluding hydrogens is 205 g/mol. The van der Waals surface area contributed by atoms with Crippen LogP contribution in [0.1, 0.15) is 17.5 Å². The molecule has 1 atom stereocenters. The Morgan fingerprint density at radius 1 is 1.38 bits per heavy atom. The van der Waals surface area contributed by atoms with Crippen molar-refractivity contribution in [2.45, 2.75) is 18.4 Å². The van der Waals surface area contributed by atoms with Gasteiger partial charge in [0.25, 0.3) is 5.91 Å². The molecule has 2 aliphatic rings. The molecule has 4 nitrogen and oxygen atoms in total. The van der Waals surface area contributed by atoms with Crippen LogP contribution in [0.3, 0.4) is 0 Å². The van der Waals surface area contributed by atoms with E-state index >= 15 is 0 Å². The number of carbonyl (C=O) groups excluding carboxylic acids is 2. The number of rotatable bonds is 0. The molecule has 0 bridgehead atoms. The molecule has 1 aliphatic carbocycles. The summed E-state index contributed by atoms with van der Waals surface area (Å²) in [5.41, 5.74) is 1.27. The average molecular weight is 213 g/mol. The summed E-state index contributed by atoms with van der Waals surface area (Å²) < 4.78 is 5.15. The van der Waals surface area contributed by atoms with E-state index in [-0.39, 0.29) is 5.91 Å². The number of carbonyl (C=O) groups is 2. The van der Waals surface area contributed by atoms with Gasteiger partial charge in [0.15, 0.2) is 0 Å². The van der Waals surface area contributed by atoms with Gasteiger partial charge >= 0.3 is 6.09 Å². The molecule has 1 aromatic carbocycles. The molecule has 0 unspecified atom stereocenters. The lowest BCUT2D eigenvalue weighted by molar-refractivity contribution is -0.131. The van der Waals surface area contributed by atoms with Gasteiger partial charge in [0.2, 0.25) is 5.60 Å². The Bertz CT molecular complexity index is 514. The highest BCUT2D eigenvalue weighted by Gasteiger charge is 2.53. The van der Waals surface area contributed by atoms with E-state index in [1.54, 1.807) is 12.1 Å². The Hall–Kier alpha value is -1.78. The van der Waals surface area contributed by atoms with Crippen LogP contribution in [0.4, 0.5) is 4.79 Å². The number of alkyl carbamates (subject to hydrolysis) is 1. The molecule has 1 fully saturated rings. The Balaban J connectivity index is 2.15. The van der Waals surface area contributed by atoms with Crippen LogP contribution < -0.4 is 10.8 Å². The fourth-order valence-corrected chi connectivity index (χ4v) is 2.43. The second-order valence-corrected chi connectivity index (χ2v) is 4.09. The first-order chi connectivity index (χ1) is 7.62. The molecule has 1 saturated heterocycles. The minimum absolute atomic E-state index is 0.374. The van der Waals surface area contributed by atoms with Gasteiger partial charge in [-0.2, -0.15) is 0 Å². The van der Waals surface area contributed by atoms with E-state index in [1.165, 1.54) is 0 Å². The summed E-state index contributed by atoms with van der Waals surface area (Å²) in [6, 6.07) is 5.30. The van der Waals surface area contributed by atoms with Gasteiger partial charge < -0.3 is 4.74 Å².